The first kappa shape index (κ1) is 12.3. The minimum absolute atomic E-state index is 0.276. The van der Waals surface area contributed by atoms with Crippen LogP contribution >= 0.6 is 0 Å². The fourth-order valence-electron chi connectivity index (χ4n) is 2.48. The van der Waals surface area contributed by atoms with Crippen molar-refractivity contribution in [2.75, 3.05) is 11.9 Å². The van der Waals surface area contributed by atoms with Gasteiger partial charge in [0.15, 0.2) is 11.6 Å². The molecule has 0 radical (unpaired) electrons. The number of anilines is 1. The highest BCUT2D eigenvalue weighted by molar-refractivity contribution is 5.44. The lowest BCUT2D eigenvalue weighted by Gasteiger charge is -2.32. The third-order valence-corrected chi connectivity index (χ3v) is 3.48. The van der Waals surface area contributed by atoms with Gasteiger partial charge in [0, 0.05) is 17.8 Å². The van der Waals surface area contributed by atoms with Crippen LogP contribution in [0.5, 0.6) is 0 Å². The van der Waals surface area contributed by atoms with E-state index in [0.717, 1.165) is 25.3 Å². The maximum Gasteiger partial charge on any atom is 0.160 e. The van der Waals surface area contributed by atoms with Crippen LogP contribution in [0.3, 0.4) is 0 Å². The second-order valence-electron chi connectivity index (χ2n) is 4.66. The van der Waals surface area contributed by atoms with Crippen molar-refractivity contribution >= 4 is 5.69 Å². The molecule has 2 rings (SSSR count). The van der Waals surface area contributed by atoms with Crippen molar-refractivity contribution < 1.29 is 8.78 Å². The molecule has 94 valence electrons. The first-order chi connectivity index (χ1) is 8.20. The van der Waals surface area contributed by atoms with Crippen LogP contribution in [0, 0.1) is 17.6 Å². The van der Waals surface area contributed by atoms with Gasteiger partial charge >= 0.3 is 0 Å². The van der Waals surface area contributed by atoms with Gasteiger partial charge in [-0.25, -0.2) is 8.78 Å². The third-order valence-electron chi connectivity index (χ3n) is 3.48. The Kier molecular flexibility index (Phi) is 3.94. The smallest absolute Gasteiger partial charge is 0.160 e. The van der Waals surface area contributed by atoms with Crippen LogP contribution in [0.1, 0.15) is 25.7 Å². The lowest BCUT2D eigenvalue weighted by molar-refractivity contribution is 0.332. The third kappa shape index (κ3) is 2.94. The summed E-state index contributed by atoms with van der Waals surface area (Å²) in [5.74, 6) is -1.19. The van der Waals surface area contributed by atoms with E-state index < -0.39 is 11.6 Å². The summed E-state index contributed by atoms with van der Waals surface area (Å²) < 4.78 is 25.9. The van der Waals surface area contributed by atoms with Crippen molar-refractivity contribution in [1.82, 2.24) is 0 Å². The van der Waals surface area contributed by atoms with Gasteiger partial charge < -0.3 is 11.1 Å². The van der Waals surface area contributed by atoms with Crippen molar-refractivity contribution in [2.24, 2.45) is 11.7 Å². The molecule has 1 saturated carbocycles. The summed E-state index contributed by atoms with van der Waals surface area (Å²) in [6.07, 6.45) is 4.52. The number of halogens is 2. The van der Waals surface area contributed by atoms with E-state index in [9.17, 15) is 8.78 Å². The molecule has 17 heavy (non-hydrogen) atoms. The number of benzene rings is 1. The highest BCUT2D eigenvalue weighted by atomic mass is 19.2. The fraction of sp³-hybridized carbons (Fsp3) is 0.538. The van der Waals surface area contributed by atoms with Gasteiger partial charge in [0.1, 0.15) is 0 Å². The molecule has 1 aliphatic carbocycles. The van der Waals surface area contributed by atoms with Crippen molar-refractivity contribution in [3.05, 3.63) is 29.8 Å². The van der Waals surface area contributed by atoms with Crippen LogP contribution in [0.25, 0.3) is 0 Å². The molecule has 2 unspecified atom stereocenters. The molecular weight excluding hydrogens is 222 g/mol. The van der Waals surface area contributed by atoms with Crippen molar-refractivity contribution in [3.63, 3.8) is 0 Å². The molecule has 1 aromatic rings. The Morgan fingerprint density at radius 2 is 1.94 bits per heavy atom. The predicted molar refractivity (Wildman–Crippen MR) is 64.8 cm³/mol. The summed E-state index contributed by atoms with van der Waals surface area (Å²) in [5, 5.41) is 3.26. The first-order valence-electron chi connectivity index (χ1n) is 6.12. The summed E-state index contributed by atoms with van der Waals surface area (Å²) in [6, 6.07) is 4.20. The summed E-state index contributed by atoms with van der Waals surface area (Å²) in [7, 11) is 0. The lowest BCUT2D eigenvalue weighted by atomic mass is 9.84. The molecule has 2 atom stereocenters. The molecular formula is C13H18F2N2. The maximum atomic E-state index is 13.1. The topological polar surface area (TPSA) is 38.0 Å². The Morgan fingerprint density at radius 1 is 1.18 bits per heavy atom. The van der Waals surface area contributed by atoms with E-state index in [2.05, 4.69) is 5.32 Å². The summed E-state index contributed by atoms with van der Waals surface area (Å²) in [6.45, 7) is 0.640. The molecule has 0 saturated heterocycles. The number of nitrogens with one attached hydrogen (secondary N) is 1. The van der Waals surface area contributed by atoms with Crippen LogP contribution in [-0.4, -0.2) is 12.6 Å². The highest BCUT2D eigenvalue weighted by Crippen LogP contribution is 2.27. The molecule has 0 amide bonds. The maximum absolute atomic E-state index is 13.1. The molecule has 1 aliphatic rings. The van der Waals surface area contributed by atoms with Crippen LogP contribution in [0.15, 0.2) is 18.2 Å². The number of hydrogen-bond acceptors (Lipinski definition) is 2. The molecule has 0 aliphatic heterocycles. The molecule has 1 fully saturated rings. The lowest BCUT2D eigenvalue weighted by Crippen LogP contribution is -2.36. The molecule has 2 nitrogen and oxygen atoms in total. The van der Waals surface area contributed by atoms with Gasteiger partial charge in [-0.3, -0.25) is 0 Å². The average molecular weight is 240 g/mol. The molecule has 1 aromatic carbocycles. The molecule has 3 N–H and O–H groups in total. The predicted octanol–water partition coefficient (Wildman–Crippen LogP) is 2.89. The zero-order chi connectivity index (χ0) is 12.3. The number of hydrogen-bond donors (Lipinski definition) is 2. The number of rotatable bonds is 3. The van der Waals surface area contributed by atoms with Crippen molar-refractivity contribution in [2.45, 2.75) is 31.7 Å². The molecule has 0 heterocycles. The second-order valence-corrected chi connectivity index (χ2v) is 4.66. The van der Waals surface area contributed by atoms with Gasteiger partial charge in [-0.1, -0.05) is 12.8 Å². The minimum Gasteiger partial charge on any atom is -0.382 e. The highest BCUT2D eigenvalue weighted by Gasteiger charge is 2.23. The van der Waals surface area contributed by atoms with Crippen molar-refractivity contribution in [3.8, 4) is 0 Å². The van der Waals surface area contributed by atoms with Crippen molar-refractivity contribution in [1.29, 1.82) is 0 Å². The summed E-state index contributed by atoms with van der Waals surface area (Å²) in [4.78, 5) is 0. The zero-order valence-electron chi connectivity index (χ0n) is 9.76. The Labute approximate surface area is 100 Å². The minimum atomic E-state index is -0.811. The van der Waals surface area contributed by atoms with Gasteiger partial charge in [-0.15, -0.1) is 0 Å². The van der Waals surface area contributed by atoms with E-state index in [1.54, 1.807) is 6.07 Å². The SMILES string of the molecule is NCC1CCCCC1Nc1ccc(F)c(F)c1. The van der Waals surface area contributed by atoms with Crippen LogP contribution in [-0.2, 0) is 0 Å². The Balaban J connectivity index is 2.05. The normalized spacial score (nSPS) is 24.6. The van der Waals surface area contributed by atoms with Crippen LogP contribution in [0.4, 0.5) is 14.5 Å². The van der Waals surface area contributed by atoms with Gasteiger partial charge in [0.05, 0.1) is 0 Å². The Morgan fingerprint density at radius 3 is 2.65 bits per heavy atom. The van der Waals surface area contributed by atoms with E-state index in [1.165, 1.54) is 12.5 Å². The quantitative estimate of drug-likeness (QED) is 0.852. The summed E-state index contributed by atoms with van der Waals surface area (Å²) >= 11 is 0. The fourth-order valence-corrected chi connectivity index (χ4v) is 2.48. The molecule has 0 aromatic heterocycles. The number of nitrogens with two attached hydrogens (primary N) is 1. The van der Waals surface area contributed by atoms with Gasteiger partial charge in [-0.2, -0.15) is 0 Å². The van der Waals surface area contributed by atoms with E-state index in [0.29, 0.717) is 18.2 Å². The zero-order valence-corrected chi connectivity index (χ0v) is 9.76. The molecule has 0 spiro atoms. The van der Waals surface area contributed by atoms with E-state index in [-0.39, 0.29) is 6.04 Å². The van der Waals surface area contributed by atoms with E-state index >= 15 is 0 Å². The molecule has 0 bridgehead atoms. The average Bonchev–Trinajstić information content (AvgIpc) is 2.34. The van der Waals surface area contributed by atoms with Crippen LogP contribution in [0.2, 0.25) is 0 Å². The molecule has 4 heteroatoms. The van der Waals surface area contributed by atoms with E-state index in [4.69, 9.17) is 5.73 Å². The second kappa shape index (κ2) is 5.45. The standard InChI is InChI=1S/C13H18F2N2/c14-11-6-5-10(7-12(11)15)17-13-4-2-1-3-9(13)8-16/h5-7,9,13,17H,1-4,8,16H2. The Hall–Kier alpha value is -1.16. The van der Waals surface area contributed by atoms with E-state index in [1.807, 2.05) is 0 Å². The Bertz CT molecular complexity index is 382. The van der Waals surface area contributed by atoms with Crippen LogP contribution < -0.4 is 11.1 Å². The van der Waals surface area contributed by atoms with Gasteiger partial charge in [0.25, 0.3) is 0 Å². The monoisotopic (exact) mass is 240 g/mol. The largest absolute Gasteiger partial charge is 0.382 e. The summed E-state index contributed by atoms with van der Waals surface area (Å²) in [5.41, 5.74) is 6.36. The van der Waals surface area contributed by atoms with Gasteiger partial charge in [0.2, 0.25) is 0 Å². The van der Waals surface area contributed by atoms with Gasteiger partial charge in [-0.05, 0) is 37.4 Å². The first-order valence-corrected chi connectivity index (χ1v) is 6.12.